The SMILES string of the molecule is CC(C[N+](C)(CCCCC[N+](C)(CC(C)N1c2ccccc2Sc2ccncc21)CC(C)N1c2ccccc2Sc2ccncc21)CC(C)N1c2ccccc2Sc2ccncc21)N1c2ccccc2Sc2ccncc21.[Br-].[Br-]. The van der Waals surface area contributed by atoms with E-state index in [4.69, 9.17) is 0 Å². The van der Waals surface area contributed by atoms with E-state index in [-0.39, 0.29) is 58.1 Å². The van der Waals surface area contributed by atoms with Crippen LogP contribution in [0.3, 0.4) is 0 Å². The Morgan fingerprint density at radius 1 is 0.329 bits per heavy atom. The van der Waals surface area contributed by atoms with Gasteiger partial charge in [-0.15, -0.1) is 0 Å². The molecule has 79 heavy (non-hydrogen) atoms. The first-order chi connectivity index (χ1) is 37.5. The lowest BCUT2D eigenvalue weighted by Gasteiger charge is -2.46. The average molecular weight is 1250 g/mol. The minimum atomic E-state index is 0. The molecular weight excluding hydrogens is 1180 g/mol. The largest absolute Gasteiger partial charge is 1.00 e. The second-order valence-electron chi connectivity index (χ2n) is 22.0. The van der Waals surface area contributed by atoms with E-state index in [1.165, 1.54) is 84.7 Å². The molecule has 0 spiro atoms. The number of benzene rings is 4. The van der Waals surface area contributed by atoms with Crippen molar-refractivity contribution in [3.05, 3.63) is 171 Å². The molecule has 408 valence electrons. The maximum absolute atomic E-state index is 4.68. The first kappa shape index (κ1) is 57.2. The number of anilines is 8. The zero-order valence-electron chi connectivity index (χ0n) is 45.7. The van der Waals surface area contributed by atoms with Crippen molar-refractivity contribution < 1.29 is 42.9 Å². The Kier molecular flexibility index (Phi) is 17.8. The van der Waals surface area contributed by atoms with E-state index >= 15 is 0 Å². The fourth-order valence-electron chi connectivity index (χ4n) is 13.0. The molecule has 0 saturated heterocycles. The summed E-state index contributed by atoms with van der Waals surface area (Å²) >= 11 is 7.42. The number of hydrogen-bond donors (Lipinski definition) is 0. The smallest absolute Gasteiger partial charge is 0.0993 e. The van der Waals surface area contributed by atoms with Crippen LogP contribution in [0.4, 0.5) is 45.5 Å². The Labute approximate surface area is 505 Å². The number of halogens is 2. The fraction of sp³-hybridized carbons (Fsp3) is 0.302. The topological polar surface area (TPSA) is 64.5 Å². The zero-order chi connectivity index (χ0) is 52.7. The highest BCUT2D eigenvalue weighted by Crippen LogP contribution is 2.53. The number of quaternary nitrogens is 2. The molecule has 4 aromatic heterocycles. The van der Waals surface area contributed by atoms with E-state index in [2.05, 4.69) is 227 Å². The summed E-state index contributed by atoms with van der Waals surface area (Å²) in [7, 11) is 5.06. The molecule has 16 heteroatoms. The van der Waals surface area contributed by atoms with Gasteiger partial charge in [-0.1, -0.05) is 95.6 Å². The number of hydrogen-bond acceptors (Lipinski definition) is 12. The summed E-state index contributed by atoms with van der Waals surface area (Å²) in [5, 5.41) is 0. The number of aromatic nitrogens is 4. The normalized spacial score (nSPS) is 16.7. The molecule has 10 nitrogen and oxygen atoms in total. The molecule has 4 aliphatic heterocycles. The molecule has 4 aliphatic rings. The Bertz CT molecular complexity index is 2810. The van der Waals surface area contributed by atoms with Crippen molar-refractivity contribution in [1.29, 1.82) is 0 Å². The number of unbranched alkanes of at least 4 members (excludes halogenated alkanes) is 2. The van der Waals surface area contributed by atoms with E-state index in [0.717, 1.165) is 67.5 Å². The summed E-state index contributed by atoms with van der Waals surface area (Å²) in [5.74, 6) is 0. The number of rotatable bonds is 18. The maximum Gasteiger partial charge on any atom is 0.0993 e. The van der Waals surface area contributed by atoms with Crippen LogP contribution < -0.4 is 53.6 Å². The lowest BCUT2D eigenvalue weighted by molar-refractivity contribution is -0.912. The summed E-state index contributed by atoms with van der Waals surface area (Å²) in [6.07, 6.45) is 19.4. The van der Waals surface area contributed by atoms with Crippen LogP contribution in [0, 0.1) is 0 Å². The second kappa shape index (κ2) is 24.6. The van der Waals surface area contributed by atoms with Crippen LogP contribution in [0.5, 0.6) is 0 Å². The van der Waals surface area contributed by atoms with Gasteiger partial charge in [0.15, 0.2) is 0 Å². The molecular formula is C63H68Br2N10S4. The van der Waals surface area contributed by atoms with Gasteiger partial charge in [0.25, 0.3) is 0 Å². The zero-order valence-corrected chi connectivity index (χ0v) is 52.1. The third-order valence-corrected chi connectivity index (χ3v) is 20.5. The van der Waals surface area contributed by atoms with Gasteiger partial charge in [-0.2, -0.15) is 0 Å². The van der Waals surface area contributed by atoms with Crippen molar-refractivity contribution in [3.8, 4) is 0 Å². The van der Waals surface area contributed by atoms with Gasteiger partial charge < -0.3 is 62.5 Å². The molecule has 0 bridgehead atoms. The highest BCUT2D eigenvalue weighted by Gasteiger charge is 2.39. The first-order valence-corrected chi connectivity index (χ1v) is 30.5. The van der Waals surface area contributed by atoms with E-state index in [1.807, 2.05) is 71.8 Å². The van der Waals surface area contributed by atoms with Gasteiger partial charge in [-0.05, 0) is 120 Å². The van der Waals surface area contributed by atoms with Gasteiger partial charge in [0.1, 0.15) is 0 Å². The van der Waals surface area contributed by atoms with Gasteiger partial charge >= 0.3 is 0 Å². The van der Waals surface area contributed by atoms with Crippen LogP contribution in [0.1, 0.15) is 47.0 Å². The Hall–Kier alpha value is -5.04. The third kappa shape index (κ3) is 11.7. The summed E-state index contributed by atoms with van der Waals surface area (Å²) < 4.78 is 1.84. The lowest BCUT2D eigenvalue weighted by atomic mass is 10.1. The molecule has 8 aromatic rings. The van der Waals surface area contributed by atoms with Crippen LogP contribution in [-0.2, 0) is 0 Å². The van der Waals surface area contributed by atoms with E-state index in [9.17, 15) is 0 Å². The average Bonchev–Trinajstić information content (AvgIpc) is 3.46. The van der Waals surface area contributed by atoms with Crippen molar-refractivity contribution >= 4 is 92.5 Å². The maximum atomic E-state index is 4.68. The standard InChI is InChI=1S/C63H68N10S4.2BrH/c1-44(68-48-18-8-12-22-56(48)74-60-26-30-64-36-52(60)68)40-72(5,41-45(2)69-49-19-9-13-23-57(49)75-61-27-31-65-37-53(61)69)34-16-7-17-35-73(6,42-46(3)70-50-20-10-14-24-58(50)76-62-28-32-66-38-54(62)70)43-47(4)71-51-21-11-15-25-59(51)77-63-29-33-67-39-55(63)71;;/h8-15,18-33,36-39,44-47H,7,16-17,34-35,40-43H2,1-6H3;2*1H/q+2;;/p-2. The highest BCUT2D eigenvalue weighted by atomic mass is 79.9. The molecule has 0 aliphatic carbocycles. The molecule has 0 amide bonds. The summed E-state index contributed by atoms with van der Waals surface area (Å²) in [6.45, 7) is 15.8. The Morgan fingerprint density at radius 2 is 0.557 bits per heavy atom. The highest BCUT2D eigenvalue weighted by molar-refractivity contribution is 8.00. The molecule has 0 N–H and O–H groups in total. The van der Waals surface area contributed by atoms with Crippen LogP contribution in [0.15, 0.2) is 210 Å². The van der Waals surface area contributed by atoms with Crippen LogP contribution in [-0.4, -0.2) is 106 Å². The number of fused-ring (bicyclic) bond motifs is 8. The molecule has 4 atom stereocenters. The Balaban J connectivity index is 0.00000352. The summed E-state index contributed by atoms with van der Waals surface area (Å²) in [5.41, 5.74) is 9.87. The van der Waals surface area contributed by atoms with Crippen LogP contribution in [0.2, 0.25) is 0 Å². The van der Waals surface area contributed by atoms with Gasteiger partial charge in [-0.3, -0.25) is 19.9 Å². The van der Waals surface area contributed by atoms with Gasteiger partial charge in [0, 0.05) is 64.0 Å². The minimum absolute atomic E-state index is 0. The van der Waals surface area contributed by atoms with Gasteiger partial charge in [0.05, 0.1) is 148 Å². The van der Waals surface area contributed by atoms with Crippen molar-refractivity contribution in [1.82, 2.24) is 19.9 Å². The predicted molar refractivity (Wildman–Crippen MR) is 321 cm³/mol. The van der Waals surface area contributed by atoms with Crippen molar-refractivity contribution in [2.24, 2.45) is 0 Å². The summed E-state index contributed by atoms with van der Waals surface area (Å²) in [4.78, 5) is 39.3. The molecule has 4 aromatic carbocycles. The van der Waals surface area contributed by atoms with Gasteiger partial charge in [-0.25, -0.2) is 0 Å². The van der Waals surface area contributed by atoms with E-state index < -0.39 is 0 Å². The van der Waals surface area contributed by atoms with Crippen molar-refractivity contribution in [2.75, 3.05) is 73.0 Å². The van der Waals surface area contributed by atoms with Crippen molar-refractivity contribution in [2.45, 2.75) is 110 Å². The molecule has 8 heterocycles. The third-order valence-electron chi connectivity index (χ3n) is 15.9. The van der Waals surface area contributed by atoms with Crippen molar-refractivity contribution in [3.63, 3.8) is 0 Å². The number of para-hydroxylation sites is 4. The van der Waals surface area contributed by atoms with Crippen LogP contribution in [0.25, 0.3) is 0 Å². The lowest BCUT2D eigenvalue weighted by Crippen LogP contribution is -3.00. The number of nitrogens with zero attached hydrogens (tertiary/aromatic N) is 10. The molecule has 12 rings (SSSR count). The number of pyridine rings is 4. The quantitative estimate of drug-likeness (QED) is 0.0608. The van der Waals surface area contributed by atoms with E-state index in [0.29, 0.717) is 0 Å². The second-order valence-corrected chi connectivity index (χ2v) is 26.3. The van der Waals surface area contributed by atoms with Crippen LogP contribution >= 0.6 is 47.0 Å². The van der Waals surface area contributed by atoms with E-state index in [1.54, 1.807) is 0 Å². The van der Waals surface area contributed by atoms with Gasteiger partial charge in [0.2, 0.25) is 0 Å². The summed E-state index contributed by atoms with van der Waals surface area (Å²) in [6, 6.07) is 45.2. The molecule has 4 unspecified atom stereocenters. The number of likely N-dealkylation sites (N-methyl/N-ethyl adjacent to an activating group) is 2. The fourth-order valence-corrected chi connectivity index (χ4v) is 17.1. The predicted octanol–water partition coefficient (Wildman–Crippen LogP) is 9.40. The molecule has 0 saturated carbocycles. The first-order valence-electron chi connectivity index (χ1n) is 27.2. The molecule has 0 radical (unpaired) electrons. The minimum Gasteiger partial charge on any atom is -1.00 e. The Morgan fingerprint density at radius 3 is 0.810 bits per heavy atom. The molecule has 0 fully saturated rings. The monoisotopic (exact) mass is 1250 g/mol.